The van der Waals surface area contributed by atoms with Gasteiger partial charge < -0.3 is 20.1 Å². The quantitative estimate of drug-likeness (QED) is 0.584. The number of anilines is 1. The summed E-state index contributed by atoms with van der Waals surface area (Å²) in [6.07, 6.45) is 0.710. The largest absolute Gasteiger partial charge is 0.384 e. The van der Waals surface area contributed by atoms with Crippen LogP contribution in [-0.4, -0.2) is 95.9 Å². The van der Waals surface area contributed by atoms with Crippen molar-refractivity contribution in [2.24, 2.45) is 0 Å². The lowest BCUT2D eigenvalue weighted by atomic mass is 9.90. The fourth-order valence-corrected chi connectivity index (χ4v) is 6.26. The number of morpholine rings is 1. The van der Waals surface area contributed by atoms with E-state index in [9.17, 15) is 14.3 Å². The number of amides is 1. The van der Waals surface area contributed by atoms with Gasteiger partial charge in [0.25, 0.3) is 0 Å². The van der Waals surface area contributed by atoms with Crippen LogP contribution in [0.25, 0.3) is 0 Å². The Morgan fingerprint density at radius 3 is 2.56 bits per heavy atom. The van der Waals surface area contributed by atoms with Crippen molar-refractivity contribution >= 4 is 11.6 Å². The first kappa shape index (κ1) is 28.1. The Morgan fingerprint density at radius 1 is 1.18 bits per heavy atom. The summed E-state index contributed by atoms with van der Waals surface area (Å²) in [6.45, 7) is 15.6. The summed E-state index contributed by atoms with van der Waals surface area (Å²) in [5.41, 5.74) is 2.46. The number of carbonyl (C=O) groups excluding carboxylic acids is 1. The Kier molecular flexibility index (Phi) is 8.08. The summed E-state index contributed by atoms with van der Waals surface area (Å²) in [5.74, 6) is -0.311. The van der Waals surface area contributed by atoms with E-state index in [-0.39, 0.29) is 23.2 Å². The molecule has 5 atom stereocenters. The van der Waals surface area contributed by atoms with Gasteiger partial charge in [-0.1, -0.05) is 26.0 Å². The highest BCUT2D eigenvalue weighted by atomic mass is 19.1. The highest BCUT2D eigenvalue weighted by Gasteiger charge is 2.41. The Hall–Kier alpha value is -2.43. The SMILES string of the molecule is CC1CN(CC(=O)N2CC(C)(C)c3ncc(C(O)c4ccc(F)cc4)cc32)C(CN2C(C)COCC2C)CN1. The summed E-state index contributed by atoms with van der Waals surface area (Å²) < 4.78 is 19.1. The highest BCUT2D eigenvalue weighted by molar-refractivity contribution is 5.97. The molecule has 39 heavy (non-hydrogen) atoms. The predicted molar refractivity (Wildman–Crippen MR) is 149 cm³/mol. The molecule has 1 aromatic heterocycles. The minimum Gasteiger partial charge on any atom is -0.384 e. The molecular weight excluding hydrogens is 497 g/mol. The van der Waals surface area contributed by atoms with Gasteiger partial charge in [-0.2, -0.15) is 0 Å². The van der Waals surface area contributed by atoms with Gasteiger partial charge >= 0.3 is 0 Å². The Labute approximate surface area is 231 Å². The van der Waals surface area contributed by atoms with Crippen molar-refractivity contribution in [1.82, 2.24) is 20.1 Å². The summed E-state index contributed by atoms with van der Waals surface area (Å²) in [4.78, 5) is 25.3. The fourth-order valence-electron chi connectivity index (χ4n) is 6.26. The highest BCUT2D eigenvalue weighted by Crippen LogP contribution is 2.41. The number of aromatic nitrogens is 1. The molecule has 212 valence electrons. The third-order valence-corrected chi connectivity index (χ3v) is 8.51. The lowest BCUT2D eigenvalue weighted by Crippen LogP contribution is -2.63. The maximum absolute atomic E-state index is 13.9. The van der Waals surface area contributed by atoms with E-state index in [1.165, 1.54) is 12.1 Å². The molecule has 1 aromatic carbocycles. The van der Waals surface area contributed by atoms with Crippen molar-refractivity contribution in [3.05, 3.63) is 59.2 Å². The number of nitrogens with one attached hydrogen (secondary N) is 1. The van der Waals surface area contributed by atoms with E-state index in [1.807, 2.05) is 11.0 Å². The van der Waals surface area contributed by atoms with E-state index in [1.54, 1.807) is 18.3 Å². The van der Waals surface area contributed by atoms with Crippen LogP contribution in [0.4, 0.5) is 10.1 Å². The second kappa shape index (κ2) is 11.2. The number of ether oxygens (including phenoxy) is 1. The second-order valence-corrected chi connectivity index (χ2v) is 12.3. The topological polar surface area (TPSA) is 81.2 Å². The number of piperazine rings is 1. The smallest absolute Gasteiger partial charge is 0.241 e. The molecule has 3 aliphatic rings. The van der Waals surface area contributed by atoms with Crippen molar-refractivity contribution in [3.63, 3.8) is 0 Å². The number of nitrogens with zero attached hydrogens (tertiary/aromatic N) is 4. The van der Waals surface area contributed by atoms with Gasteiger partial charge in [0.15, 0.2) is 0 Å². The zero-order valence-corrected chi connectivity index (χ0v) is 23.7. The van der Waals surface area contributed by atoms with Crippen molar-refractivity contribution < 1.29 is 19.0 Å². The number of benzene rings is 1. The summed E-state index contributed by atoms with van der Waals surface area (Å²) >= 11 is 0. The third-order valence-electron chi connectivity index (χ3n) is 8.51. The fraction of sp³-hybridized carbons (Fsp3) is 0.600. The number of pyridine rings is 1. The van der Waals surface area contributed by atoms with E-state index < -0.39 is 6.10 Å². The standard InChI is InChI=1S/C30H42FN5O3/c1-19-13-34(25(12-32-19)14-35-20(2)16-39-17-21(35)3)15-27(37)36-18-30(4,5)29-26(36)10-23(11-33-29)28(38)22-6-8-24(31)9-7-22/h6-11,19-21,25,28,32,38H,12-18H2,1-5H3. The van der Waals surface area contributed by atoms with Gasteiger partial charge in [-0.15, -0.1) is 0 Å². The van der Waals surface area contributed by atoms with Gasteiger partial charge in [0.2, 0.25) is 5.91 Å². The number of hydrogen-bond donors (Lipinski definition) is 2. The Bertz CT molecular complexity index is 1170. The molecule has 2 aromatic rings. The van der Waals surface area contributed by atoms with Crippen molar-refractivity contribution in [1.29, 1.82) is 0 Å². The molecule has 8 nitrogen and oxygen atoms in total. The van der Waals surface area contributed by atoms with Crippen LogP contribution >= 0.6 is 0 Å². The van der Waals surface area contributed by atoms with E-state index in [2.05, 4.69) is 49.7 Å². The lowest BCUT2D eigenvalue weighted by Gasteiger charge is -2.46. The monoisotopic (exact) mass is 539 g/mol. The molecule has 0 radical (unpaired) electrons. The third kappa shape index (κ3) is 5.88. The molecule has 0 saturated carbocycles. The summed E-state index contributed by atoms with van der Waals surface area (Å²) in [7, 11) is 0. The van der Waals surface area contributed by atoms with Gasteiger partial charge in [0.1, 0.15) is 11.9 Å². The molecule has 5 rings (SSSR count). The predicted octanol–water partition coefficient (Wildman–Crippen LogP) is 2.70. The van der Waals surface area contributed by atoms with E-state index in [4.69, 9.17) is 9.72 Å². The van der Waals surface area contributed by atoms with Crippen LogP contribution in [0.1, 0.15) is 57.5 Å². The first-order chi connectivity index (χ1) is 18.5. The molecule has 2 N–H and O–H groups in total. The van der Waals surface area contributed by atoms with Gasteiger partial charge in [-0.25, -0.2) is 4.39 Å². The van der Waals surface area contributed by atoms with Crippen LogP contribution in [0.5, 0.6) is 0 Å². The lowest BCUT2D eigenvalue weighted by molar-refractivity contribution is -0.121. The van der Waals surface area contributed by atoms with E-state index >= 15 is 0 Å². The summed E-state index contributed by atoms with van der Waals surface area (Å²) in [6, 6.07) is 8.89. The molecule has 2 fully saturated rings. The maximum atomic E-state index is 13.9. The van der Waals surface area contributed by atoms with Crippen molar-refractivity contribution in [3.8, 4) is 0 Å². The van der Waals surface area contributed by atoms with Gasteiger partial charge in [-0.3, -0.25) is 19.6 Å². The zero-order chi connectivity index (χ0) is 27.9. The van der Waals surface area contributed by atoms with Crippen LogP contribution < -0.4 is 10.2 Å². The number of carbonyl (C=O) groups is 1. The van der Waals surface area contributed by atoms with Crippen LogP contribution in [0, 0.1) is 5.82 Å². The number of aliphatic hydroxyl groups is 1. The second-order valence-electron chi connectivity index (χ2n) is 12.3. The number of halogens is 1. The van der Waals surface area contributed by atoms with Gasteiger partial charge in [0.05, 0.1) is 31.1 Å². The van der Waals surface area contributed by atoms with Crippen molar-refractivity contribution in [2.75, 3.05) is 50.8 Å². The number of aliphatic hydroxyl groups excluding tert-OH is 1. The molecular formula is C30H42FN5O3. The average Bonchev–Trinajstić information content (AvgIpc) is 3.17. The molecule has 4 heterocycles. The molecule has 9 heteroatoms. The first-order valence-electron chi connectivity index (χ1n) is 14.1. The molecule has 0 spiro atoms. The maximum Gasteiger partial charge on any atom is 0.241 e. The van der Waals surface area contributed by atoms with Crippen molar-refractivity contribution in [2.45, 2.75) is 70.3 Å². The Morgan fingerprint density at radius 2 is 1.87 bits per heavy atom. The van der Waals surface area contributed by atoms with Crippen LogP contribution in [0.2, 0.25) is 0 Å². The van der Waals surface area contributed by atoms with E-state index in [0.29, 0.717) is 42.3 Å². The summed E-state index contributed by atoms with van der Waals surface area (Å²) in [5, 5.41) is 14.6. The molecule has 5 unspecified atom stereocenters. The number of fused-ring (bicyclic) bond motifs is 1. The minimum atomic E-state index is -0.958. The molecule has 0 aliphatic carbocycles. The molecule has 1 amide bonds. The normalized spacial score (nSPS) is 28.3. The molecule has 0 bridgehead atoms. The zero-order valence-electron chi connectivity index (χ0n) is 23.7. The Balaban J connectivity index is 1.36. The van der Waals surface area contributed by atoms with Gasteiger partial charge in [-0.05, 0) is 44.5 Å². The minimum absolute atomic E-state index is 0.0409. The molecule has 3 aliphatic heterocycles. The number of rotatable bonds is 6. The van der Waals surface area contributed by atoms with E-state index in [0.717, 1.165) is 44.2 Å². The number of hydrogen-bond acceptors (Lipinski definition) is 7. The van der Waals surface area contributed by atoms with Gasteiger partial charge in [0, 0.05) is 67.5 Å². The average molecular weight is 540 g/mol. The first-order valence-corrected chi connectivity index (χ1v) is 14.1. The molecule has 2 saturated heterocycles. The van der Waals surface area contributed by atoms with Crippen LogP contribution in [-0.2, 0) is 14.9 Å². The van der Waals surface area contributed by atoms with Crippen LogP contribution in [0.3, 0.4) is 0 Å². The van der Waals surface area contributed by atoms with Crippen LogP contribution in [0.15, 0.2) is 36.5 Å².